The van der Waals surface area contributed by atoms with Crippen LogP contribution in [0.5, 0.6) is 0 Å². The fourth-order valence-corrected chi connectivity index (χ4v) is 3.20. The van der Waals surface area contributed by atoms with E-state index in [1.54, 1.807) is 0 Å². The third kappa shape index (κ3) is 2.86. The molecule has 1 aliphatic heterocycles. The molecule has 0 spiro atoms. The summed E-state index contributed by atoms with van der Waals surface area (Å²) in [5, 5.41) is 3.36. The number of rotatable bonds is 2. The highest BCUT2D eigenvalue weighted by Crippen LogP contribution is 2.29. The Balaban J connectivity index is 2.09. The molecular formula is C17H23F2N3. The molecule has 2 heterocycles. The van der Waals surface area contributed by atoms with Crippen molar-refractivity contribution >= 4 is 11.0 Å². The quantitative estimate of drug-likeness (QED) is 0.918. The molecule has 0 saturated carbocycles. The summed E-state index contributed by atoms with van der Waals surface area (Å²) in [4.78, 5) is 4.59. The lowest BCUT2D eigenvalue weighted by atomic mass is 9.94. The topological polar surface area (TPSA) is 29.9 Å². The van der Waals surface area contributed by atoms with Crippen LogP contribution in [0.1, 0.15) is 39.4 Å². The summed E-state index contributed by atoms with van der Waals surface area (Å²) in [6.07, 6.45) is 2.21. The van der Waals surface area contributed by atoms with E-state index in [9.17, 15) is 8.78 Å². The molecule has 1 fully saturated rings. The van der Waals surface area contributed by atoms with Crippen molar-refractivity contribution in [3.05, 3.63) is 29.6 Å². The van der Waals surface area contributed by atoms with Gasteiger partial charge in [-0.2, -0.15) is 0 Å². The van der Waals surface area contributed by atoms with Crippen molar-refractivity contribution < 1.29 is 8.78 Å². The first-order chi connectivity index (χ1) is 10.4. The zero-order valence-electron chi connectivity index (χ0n) is 13.4. The van der Waals surface area contributed by atoms with Crippen molar-refractivity contribution in [1.29, 1.82) is 0 Å². The fraction of sp³-hybridized carbons (Fsp3) is 0.588. The molecule has 0 unspecified atom stereocenters. The van der Waals surface area contributed by atoms with E-state index >= 15 is 0 Å². The summed E-state index contributed by atoms with van der Waals surface area (Å²) < 4.78 is 29.3. The number of hydrogen-bond donors (Lipinski definition) is 1. The first-order valence-electron chi connectivity index (χ1n) is 7.93. The van der Waals surface area contributed by atoms with Gasteiger partial charge in [0.1, 0.15) is 5.82 Å². The molecule has 0 aliphatic carbocycles. The smallest absolute Gasteiger partial charge is 0.161 e. The van der Waals surface area contributed by atoms with E-state index < -0.39 is 11.6 Å². The molecule has 3 nitrogen and oxygen atoms in total. The van der Waals surface area contributed by atoms with E-state index in [4.69, 9.17) is 0 Å². The number of aromatic nitrogens is 2. The van der Waals surface area contributed by atoms with Gasteiger partial charge < -0.3 is 9.88 Å². The fourth-order valence-electron chi connectivity index (χ4n) is 3.20. The van der Waals surface area contributed by atoms with Crippen LogP contribution in [0.3, 0.4) is 0 Å². The SMILES string of the molecule is CC(C)(C)c1nc2cc(F)c(F)cc2n1CC1CCNCC1. The first-order valence-corrected chi connectivity index (χ1v) is 7.93. The highest BCUT2D eigenvalue weighted by molar-refractivity contribution is 5.76. The maximum absolute atomic E-state index is 13.7. The Labute approximate surface area is 129 Å². The summed E-state index contributed by atoms with van der Waals surface area (Å²) in [6.45, 7) is 9.10. The van der Waals surface area contributed by atoms with Crippen LogP contribution >= 0.6 is 0 Å². The van der Waals surface area contributed by atoms with Gasteiger partial charge in [0, 0.05) is 24.1 Å². The number of fused-ring (bicyclic) bond motifs is 1. The maximum atomic E-state index is 13.7. The second-order valence-electron chi connectivity index (χ2n) is 7.24. The summed E-state index contributed by atoms with van der Waals surface area (Å²) in [7, 11) is 0. The van der Waals surface area contributed by atoms with Gasteiger partial charge in [-0.3, -0.25) is 0 Å². The van der Waals surface area contributed by atoms with Crippen molar-refractivity contribution in [1.82, 2.24) is 14.9 Å². The van der Waals surface area contributed by atoms with Crippen LogP contribution < -0.4 is 5.32 Å². The van der Waals surface area contributed by atoms with Crippen LogP contribution in [0, 0.1) is 17.6 Å². The molecule has 1 aromatic heterocycles. The van der Waals surface area contributed by atoms with Gasteiger partial charge in [0.2, 0.25) is 0 Å². The van der Waals surface area contributed by atoms with Gasteiger partial charge in [-0.15, -0.1) is 0 Å². The lowest BCUT2D eigenvalue weighted by molar-refractivity contribution is 0.326. The monoisotopic (exact) mass is 307 g/mol. The molecule has 0 atom stereocenters. The van der Waals surface area contributed by atoms with E-state index in [0.717, 1.165) is 38.3 Å². The van der Waals surface area contributed by atoms with E-state index in [-0.39, 0.29) is 5.41 Å². The average Bonchev–Trinajstić information content (AvgIpc) is 2.79. The molecule has 22 heavy (non-hydrogen) atoms. The Kier molecular flexibility index (Phi) is 3.93. The van der Waals surface area contributed by atoms with E-state index in [2.05, 4.69) is 35.6 Å². The molecule has 1 N–H and O–H groups in total. The second kappa shape index (κ2) is 5.61. The number of benzene rings is 1. The van der Waals surface area contributed by atoms with Crippen LogP contribution in [0.25, 0.3) is 11.0 Å². The molecule has 0 bridgehead atoms. The zero-order chi connectivity index (χ0) is 15.9. The van der Waals surface area contributed by atoms with Gasteiger partial charge in [0.25, 0.3) is 0 Å². The van der Waals surface area contributed by atoms with Gasteiger partial charge >= 0.3 is 0 Å². The number of piperidine rings is 1. The molecule has 120 valence electrons. The van der Waals surface area contributed by atoms with Gasteiger partial charge in [-0.25, -0.2) is 13.8 Å². The third-order valence-electron chi connectivity index (χ3n) is 4.36. The minimum atomic E-state index is -0.834. The molecule has 1 saturated heterocycles. The Morgan fingerprint density at radius 3 is 2.45 bits per heavy atom. The van der Waals surface area contributed by atoms with Crippen LogP contribution in [0.4, 0.5) is 8.78 Å². The molecule has 0 radical (unpaired) electrons. The van der Waals surface area contributed by atoms with Crippen LogP contribution in [0.2, 0.25) is 0 Å². The van der Waals surface area contributed by atoms with E-state index in [1.165, 1.54) is 12.1 Å². The highest BCUT2D eigenvalue weighted by atomic mass is 19.2. The molecular weight excluding hydrogens is 284 g/mol. The summed E-state index contributed by atoms with van der Waals surface area (Å²) in [5.74, 6) is -0.196. The average molecular weight is 307 g/mol. The van der Waals surface area contributed by atoms with Gasteiger partial charge in [0.15, 0.2) is 11.6 Å². The number of halogens is 2. The summed E-state index contributed by atoms with van der Waals surface area (Å²) in [5.41, 5.74) is 1.07. The van der Waals surface area contributed by atoms with Crippen LogP contribution in [0.15, 0.2) is 12.1 Å². The number of imidazole rings is 1. The van der Waals surface area contributed by atoms with E-state index in [0.29, 0.717) is 17.0 Å². The van der Waals surface area contributed by atoms with Crippen molar-refractivity contribution in [3.63, 3.8) is 0 Å². The highest BCUT2D eigenvalue weighted by Gasteiger charge is 2.26. The minimum Gasteiger partial charge on any atom is -0.327 e. The Bertz CT molecular complexity index is 679. The maximum Gasteiger partial charge on any atom is 0.161 e. The van der Waals surface area contributed by atoms with Crippen LogP contribution in [-0.2, 0) is 12.0 Å². The zero-order valence-corrected chi connectivity index (χ0v) is 13.4. The molecule has 1 aromatic carbocycles. The third-order valence-corrected chi connectivity index (χ3v) is 4.36. The van der Waals surface area contributed by atoms with Gasteiger partial charge in [-0.1, -0.05) is 20.8 Å². The number of hydrogen-bond acceptors (Lipinski definition) is 2. The van der Waals surface area contributed by atoms with Crippen molar-refractivity contribution in [3.8, 4) is 0 Å². The second-order valence-corrected chi connectivity index (χ2v) is 7.24. The first kappa shape index (κ1) is 15.4. The molecule has 2 aromatic rings. The predicted octanol–water partition coefficient (Wildman–Crippen LogP) is 3.61. The molecule has 0 amide bonds. The number of nitrogens with zero attached hydrogens (tertiary/aromatic N) is 2. The number of nitrogens with one attached hydrogen (secondary N) is 1. The van der Waals surface area contributed by atoms with Gasteiger partial charge in [0.05, 0.1) is 11.0 Å². The minimum absolute atomic E-state index is 0.168. The molecule has 5 heteroatoms. The van der Waals surface area contributed by atoms with Crippen molar-refractivity contribution in [2.75, 3.05) is 13.1 Å². The Hall–Kier alpha value is -1.49. The Morgan fingerprint density at radius 2 is 1.82 bits per heavy atom. The largest absolute Gasteiger partial charge is 0.327 e. The lowest BCUT2D eigenvalue weighted by Gasteiger charge is -2.26. The van der Waals surface area contributed by atoms with Crippen LogP contribution in [-0.4, -0.2) is 22.6 Å². The van der Waals surface area contributed by atoms with Crippen molar-refractivity contribution in [2.24, 2.45) is 5.92 Å². The predicted molar refractivity (Wildman–Crippen MR) is 83.9 cm³/mol. The normalized spacial score (nSPS) is 17.3. The Morgan fingerprint density at radius 1 is 1.18 bits per heavy atom. The lowest BCUT2D eigenvalue weighted by Crippen LogP contribution is -2.31. The van der Waals surface area contributed by atoms with E-state index in [1.807, 2.05) is 0 Å². The summed E-state index contributed by atoms with van der Waals surface area (Å²) >= 11 is 0. The molecule has 3 rings (SSSR count). The summed E-state index contributed by atoms with van der Waals surface area (Å²) in [6, 6.07) is 2.49. The van der Waals surface area contributed by atoms with Crippen molar-refractivity contribution in [2.45, 2.75) is 45.6 Å². The standard InChI is InChI=1S/C17H23F2N3/c1-17(2,3)16-21-14-8-12(18)13(19)9-15(14)22(16)10-11-4-6-20-7-5-11/h8-9,11,20H,4-7,10H2,1-3H3. The van der Waals surface area contributed by atoms with Gasteiger partial charge in [-0.05, 0) is 31.8 Å². The molecule has 1 aliphatic rings.